The molecule has 0 saturated heterocycles. The molecule has 1 aliphatic rings. The molecule has 104 valence electrons. The lowest BCUT2D eigenvalue weighted by Gasteiger charge is -2.04. The van der Waals surface area contributed by atoms with E-state index in [1.165, 1.54) is 0 Å². The Bertz CT molecular complexity index is 783. The van der Waals surface area contributed by atoms with Gasteiger partial charge >= 0.3 is 0 Å². The van der Waals surface area contributed by atoms with Crippen LogP contribution in [0.2, 0.25) is 0 Å². The molecule has 1 N–H and O–H groups in total. The van der Waals surface area contributed by atoms with Crippen LogP contribution >= 0.6 is 0 Å². The number of carbonyl (C=O) groups excluding carboxylic acids is 1. The van der Waals surface area contributed by atoms with Crippen molar-refractivity contribution in [3.63, 3.8) is 0 Å². The summed E-state index contributed by atoms with van der Waals surface area (Å²) in [5.41, 5.74) is 1.09. The minimum atomic E-state index is -3.47. The first-order valence-electron chi connectivity index (χ1n) is 6.44. The molecule has 0 aliphatic heterocycles. The van der Waals surface area contributed by atoms with E-state index in [4.69, 9.17) is 0 Å². The highest BCUT2D eigenvalue weighted by molar-refractivity contribution is 7.89. The molecule has 1 amide bonds. The van der Waals surface area contributed by atoms with Crippen molar-refractivity contribution in [2.75, 3.05) is 6.26 Å². The number of amides is 1. The van der Waals surface area contributed by atoms with Gasteiger partial charge in [0, 0.05) is 5.92 Å². The third-order valence-electron chi connectivity index (χ3n) is 3.61. The summed E-state index contributed by atoms with van der Waals surface area (Å²) in [6.45, 7) is 0. The molecule has 0 bridgehead atoms. The molecule has 1 saturated carbocycles. The lowest BCUT2D eigenvalue weighted by atomic mass is 10.0. The van der Waals surface area contributed by atoms with E-state index >= 15 is 0 Å². The number of hydrogen-bond acceptors (Lipinski definition) is 3. The van der Waals surface area contributed by atoms with Gasteiger partial charge in [-0.2, -0.15) is 0 Å². The molecular weight excluding hydrogens is 274 g/mol. The van der Waals surface area contributed by atoms with Crippen LogP contribution in [0.1, 0.15) is 17.9 Å². The number of nitrogens with one attached hydrogen (secondary N) is 1. The van der Waals surface area contributed by atoms with E-state index in [2.05, 4.69) is 10.8 Å². The maximum Gasteiger partial charge on any atom is 0.237 e. The lowest BCUT2D eigenvalue weighted by Crippen LogP contribution is -2.30. The molecule has 2 atom stereocenters. The summed E-state index contributed by atoms with van der Waals surface area (Å²) >= 11 is 0. The van der Waals surface area contributed by atoms with Gasteiger partial charge in [-0.05, 0) is 28.7 Å². The molecule has 0 aromatic heterocycles. The Hall–Kier alpha value is -1.88. The standard InChI is InChI=1S/C15H15NO3S/c1-20(18,19)16-15(17)14-9-13(14)12-7-6-10-4-2-3-5-11(10)8-12/h2-8,13-14H,9H2,1H3,(H,16,17)/t13-,14-/m1/s1. The Morgan fingerprint density at radius 3 is 2.55 bits per heavy atom. The maximum absolute atomic E-state index is 11.8. The third-order valence-corrected chi connectivity index (χ3v) is 4.19. The van der Waals surface area contributed by atoms with Crippen LogP contribution in [0.4, 0.5) is 0 Å². The summed E-state index contributed by atoms with van der Waals surface area (Å²) in [4.78, 5) is 11.8. The highest BCUT2D eigenvalue weighted by Gasteiger charge is 2.44. The van der Waals surface area contributed by atoms with Crippen molar-refractivity contribution in [3.8, 4) is 0 Å². The van der Waals surface area contributed by atoms with E-state index in [0.29, 0.717) is 6.42 Å². The summed E-state index contributed by atoms with van der Waals surface area (Å²) < 4.78 is 24.2. The van der Waals surface area contributed by atoms with Crippen LogP contribution in [0.3, 0.4) is 0 Å². The van der Waals surface area contributed by atoms with Crippen molar-refractivity contribution < 1.29 is 13.2 Å². The maximum atomic E-state index is 11.8. The fourth-order valence-corrected chi connectivity index (χ4v) is 3.07. The molecule has 20 heavy (non-hydrogen) atoms. The van der Waals surface area contributed by atoms with Crippen LogP contribution in [0.25, 0.3) is 10.8 Å². The van der Waals surface area contributed by atoms with Gasteiger partial charge in [-0.1, -0.05) is 42.5 Å². The monoisotopic (exact) mass is 289 g/mol. The van der Waals surface area contributed by atoms with Gasteiger partial charge in [0.25, 0.3) is 0 Å². The average Bonchev–Trinajstić information content (AvgIpc) is 3.16. The molecule has 1 aliphatic carbocycles. The number of fused-ring (bicyclic) bond motifs is 1. The van der Waals surface area contributed by atoms with Crippen LogP contribution in [0.5, 0.6) is 0 Å². The minimum Gasteiger partial charge on any atom is -0.274 e. The molecule has 3 rings (SSSR count). The smallest absolute Gasteiger partial charge is 0.237 e. The summed E-state index contributed by atoms with van der Waals surface area (Å²) in [6.07, 6.45) is 1.71. The van der Waals surface area contributed by atoms with Gasteiger partial charge in [-0.3, -0.25) is 9.52 Å². The predicted molar refractivity (Wildman–Crippen MR) is 77.8 cm³/mol. The Kier molecular flexibility index (Phi) is 3.01. The van der Waals surface area contributed by atoms with Gasteiger partial charge in [0.15, 0.2) is 0 Å². The second-order valence-corrected chi connectivity index (χ2v) is 7.04. The van der Waals surface area contributed by atoms with Gasteiger partial charge in [-0.25, -0.2) is 8.42 Å². The first-order valence-corrected chi connectivity index (χ1v) is 8.33. The van der Waals surface area contributed by atoms with Crippen LogP contribution < -0.4 is 4.72 Å². The van der Waals surface area contributed by atoms with Gasteiger partial charge in [0.2, 0.25) is 15.9 Å². The van der Waals surface area contributed by atoms with E-state index in [1.54, 1.807) is 0 Å². The van der Waals surface area contributed by atoms with E-state index in [-0.39, 0.29) is 11.8 Å². The van der Waals surface area contributed by atoms with Crippen LogP contribution in [0, 0.1) is 5.92 Å². The van der Waals surface area contributed by atoms with Crippen molar-refractivity contribution in [1.82, 2.24) is 4.72 Å². The van der Waals surface area contributed by atoms with Crippen molar-refractivity contribution in [2.24, 2.45) is 5.92 Å². The fourth-order valence-electron chi connectivity index (χ4n) is 2.55. The number of carbonyl (C=O) groups is 1. The van der Waals surface area contributed by atoms with E-state index in [1.807, 2.05) is 36.4 Å². The molecule has 0 spiro atoms. The molecule has 0 radical (unpaired) electrons. The topological polar surface area (TPSA) is 63.2 Å². The Labute approximate surface area is 117 Å². The zero-order valence-corrected chi connectivity index (χ0v) is 11.9. The Balaban J connectivity index is 1.79. The summed E-state index contributed by atoms with van der Waals surface area (Å²) in [6, 6.07) is 14.2. The molecule has 5 heteroatoms. The fraction of sp³-hybridized carbons (Fsp3) is 0.267. The Morgan fingerprint density at radius 1 is 1.15 bits per heavy atom. The van der Waals surface area contributed by atoms with Gasteiger partial charge in [0.1, 0.15) is 0 Å². The second-order valence-electron chi connectivity index (χ2n) is 5.29. The van der Waals surface area contributed by atoms with E-state index < -0.39 is 15.9 Å². The molecular formula is C15H15NO3S. The summed E-state index contributed by atoms with van der Waals surface area (Å²) in [5, 5.41) is 2.30. The highest BCUT2D eigenvalue weighted by Crippen LogP contribution is 2.48. The molecule has 0 heterocycles. The van der Waals surface area contributed by atoms with Gasteiger partial charge < -0.3 is 0 Å². The summed E-state index contributed by atoms with van der Waals surface area (Å²) in [7, 11) is -3.47. The zero-order valence-electron chi connectivity index (χ0n) is 11.0. The molecule has 0 unspecified atom stereocenters. The van der Waals surface area contributed by atoms with Crippen LogP contribution in [-0.4, -0.2) is 20.6 Å². The normalized spacial score (nSPS) is 21.6. The molecule has 1 fully saturated rings. The minimum absolute atomic E-state index is 0.126. The molecule has 4 nitrogen and oxygen atoms in total. The second kappa shape index (κ2) is 4.59. The molecule has 2 aromatic carbocycles. The highest BCUT2D eigenvalue weighted by atomic mass is 32.2. The first-order chi connectivity index (χ1) is 9.44. The van der Waals surface area contributed by atoms with E-state index in [9.17, 15) is 13.2 Å². The van der Waals surface area contributed by atoms with Crippen molar-refractivity contribution in [2.45, 2.75) is 12.3 Å². The third kappa shape index (κ3) is 2.67. The summed E-state index contributed by atoms with van der Waals surface area (Å²) in [5.74, 6) is -0.502. The largest absolute Gasteiger partial charge is 0.274 e. The van der Waals surface area contributed by atoms with E-state index in [0.717, 1.165) is 22.6 Å². The number of benzene rings is 2. The van der Waals surface area contributed by atoms with Gasteiger partial charge in [0.05, 0.1) is 6.26 Å². The average molecular weight is 289 g/mol. The van der Waals surface area contributed by atoms with Crippen molar-refractivity contribution >= 4 is 26.7 Å². The zero-order chi connectivity index (χ0) is 14.3. The Morgan fingerprint density at radius 2 is 1.85 bits per heavy atom. The SMILES string of the molecule is CS(=O)(=O)NC(=O)[C@@H]1C[C@@H]1c1ccc2ccccc2c1. The lowest BCUT2D eigenvalue weighted by molar-refractivity contribution is -0.120. The van der Waals surface area contributed by atoms with Crippen molar-refractivity contribution in [3.05, 3.63) is 48.0 Å². The van der Waals surface area contributed by atoms with Crippen LogP contribution in [0.15, 0.2) is 42.5 Å². The first kappa shape index (κ1) is 13.1. The number of sulfonamides is 1. The molecule has 2 aromatic rings. The number of rotatable bonds is 3. The quantitative estimate of drug-likeness (QED) is 0.940. The number of hydrogen-bond donors (Lipinski definition) is 1. The predicted octanol–water partition coefficient (Wildman–Crippen LogP) is 2.02. The van der Waals surface area contributed by atoms with Crippen molar-refractivity contribution in [1.29, 1.82) is 0 Å². The van der Waals surface area contributed by atoms with Gasteiger partial charge in [-0.15, -0.1) is 0 Å². The van der Waals surface area contributed by atoms with Crippen LogP contribution in [-0.2, 0) is 14.8 Å².